The van der Waals surface area contributed by atoms with Gasteiger partial charge >= 0.3 is 0 Å². The third-order valence-corrected chi connectivity index (χ3v) is 16.4. The standard InChI is InChI=1S/C71H125NO13/c1-3-5-7-9-11-13-15-17-19-21-23-25-27-28-29-30-31-33-34-36-38-40-42-44-46-48-50-52-54-60(75)59(58-82-70-68(81)66(79)69(62(57-74)84-70)85-71-67(80)65(78)64(77)61(56-73)83-71)72-63(76)55-53-51-49-47-45-43-41-39-37-35-32-26-24-22-20-18-16-14-12-10-8-6-4-2/h6,8,12,14,18,20,24,26,35,37,41,43,47,49,59-62,64-71,73-75,77-81H,3-5,7,9-11,13,15-17,19,21-23,25,27-34,36,38-40,42,44-46,48,50-58H2,1-2H3,(H,72,76)/b8-6-,14-12-,20-18-,26-24-,37-35-,43-41-,49-47-. The van der Waals surface area contributed by atoms with Gasteiger partial charge in [0.15, 0.2) is 12.6 Å². The van der Waals surface area contributed by atoms with Crippen LogP contribution in [0, 0.1) is 0 Å². The zero-order valence-electron chi connectivity index (χ0n) is 53.3. The SMILES string of the molecule is CC/C=C\C/C=C\C/C=C\C/C=C\C/C=C\C/C=C\C/C=C\CCCC(=O)NC(COC1OC(CO)C(OC2OC(CO)C(O)C(O)C2O)C(O)C1O)C(O)CCCCCCCCCCCCCCCCCCCCCCCCCCCCCC. The zero-order valence-corrected chi connectivity index (χ0v) is 53.3. The van der Waals surface area contributed by atoms with Gasteiger partial charge in [-0.05, 0) is 64.2 Å². The highest BCUT2D eigenvalue weighted by Gasteiger charge is 2.51. The first kappa shape index (κ1) is 78.3. The average Bonchev–Trinajstić information content (AvgIpc) is 3.68. The predicted molar refractivity (Wildman–Crippen MR) is 346 cm³/mol. The summed E-state index contributed by atoms with van der Waals surface area (Å²) in [5.41, 5.74) is 0. The molecule has 0 aliphatic carbocycles. The Morgan fingerprint density at radius 2 is 0.800 bits per heavy atom. The van der Waals surface area contributed by atoms with Crippen molar-refractivity contribution in [3.63, 3.8) is 0 Å². The first-order chi connectivity index (χ1) is 41.6. The molecule has 85 heavy (non-hydrogen) atoms. The van der Waals surface area contributed by atoms with E-state index in [2.05, 4.69) is 104 Å². The highest BCUT2D eigenvalue weighted by Crippen LogP contribution is 2.30. The fourth-order valence-corrected chi connectivity index (χ4v) is 10.9. The van der Waals surface area contributed by atoms with Crippen LogP contribution in [0.5, 0.6) is 0 Å². The third-order valence-electron chi connectivity index (χ3n) is 16.4. The third kappa shape index (κ3) is 39.7. The summed E-state index contributed by atoms with van der Waals surface area (Å²) >= 11 is 0. The van der Waals surface area contributed by atoms with Gasteiger partial charge < -0.3 is 65.1 Å². The van der Waals surface area contributed by atoms with Crippen molar-refractivity contribution in [2.45, 2.75) is 338 Å². The second-order valence-electron chi connectivity index (χ2n) is 23.9. The van der Waals surface area contributed by atoms with Gasteiger partial charge in [-0.3, -0.25) is 4.79 Å². The Kier molecular flexibility index (Phi) is 50.9. The largest absolute Gasteiger partial charge is 0.394 e. The summed E-state index contributed by atoms with van der Waals surface area (Å²) in [5.74, 6) is -0.264. The molecule has 12 unspecified atom stereocenters. The van der Waals surface area contributed by atoms with E-state index in [-0.39, 0.29) is 18.9 Å². The molecule has 14 nitrogen and oxygen atoms in total. The maximum Gasteiger partial charge on any atom is 0.220 e. The summed E-state index contributed by atoms with van der Waals surface area (Å²) in [7, 11) is 0. The average molecular weight is 1200 g/mol. The summed E-state index contributed by atoms with van der Waals surface area (Å²) < 4.78 is 22.9. The van der Waals surface area contributed by atoms with Crippen LogP contribution in [-0.2, 0) is 23.7 Å². The van der Waals surface area contributed by atoms with Crippen LogP contribution in [0.25, 0.3) is 0 Å². The van der Waals surface area contributed by atoms with Crippen molar-refractivity contribution in [3.05, 3.63) is 85.1 Å². The van der Waals surface area contributed by atoms with Gasteiger partial charge in [-0.1, -0.05) is 279 Å². The first-order valence-corrected chi connectivity index (χ1v) is 34.3. The van der Waals surface area contributed by atoms with E-state index in [4.69, 9.17) is 18.9 Å². The Hall–Kier alpha value is -2.83. The van der Waals surface area contributed by atoms with Gasteiger partial charge in [0.05, 0.1) is 32.0 Å². The molecule has 0 aromatic heterocycles. The monoisotopic (exact) mass is 1200 g/mol. The normalized spacial score (nSPS) is 24.1. The van der Waals surface area contributed by atoms with Crippen molar-refractivity contribution < 1.29 is 64.6 Å². The van der Waals surface area contributed by atoms with Crippen LogP contribution >= 0.6 is 0 Å². The number of carbonyl (C=O) groups excluding carboxylic acids is 1. The Bertz CT molecular complexity index is 1750. The Labute approximate surface area is 516 Å². The minimum Gasteiger partial charge on any atom is -0.394 e. The maximum atomic E-state index is 13.3. The minimum absolute atomic E-state index is 0.220. The van der Waals surface area contributed by atoms with Gasteiger partial charge in [0.2, 0.25) is 5.91 Å². The Morgan fingerprint density at radius 3 is 1.20 bits per heavy atom. The van der Waals surface area contributed by atoms with E-state index in [1.165, 1.54) is 154 Å². The molecule has 1 amide bonds. The van der Waals surface area contributed by atoms with Crippen molar-refractivity contribution >= 4 is 5.91 Å². The Balaban J connectivity index is 1.71. The van der Waals surface area contributed by atoms with Crippen molar-refractivity contribution in [2.24, 2.45) is 0 Å². The van der Waals surface area contributed by atoms with Gasteiger partial charge in [0, 0.05) is 6.42 Å². The van der Waals surface area contributed by atoms with E-state index >= 15 is 0 Å². The molecule has 0 bridgehead atoms. The van der Waals surface area contributed by atoms with E-state index in [0.717, 1.165) is 70.6 Å². The number of hydrogen-bond donors (Lipinski definition) is 9. The van der Waals surface area contributed by atoms with Gasteiger partial charge in [-0.2, -0.15) is 0 Å². The van der Waals surface area contributed by atoms with Crippen molar-refractivity contribution in [1.82, 2.24) is 5.32 Å². The number of aliphatic hydroxyl groups excluding tert-OH is 8. The number of rotatable bonds is 55. The van der Waals surface area contributed by atoms with Crippen LogP contribution in [-0.4, -0.2) is 140 Å². The van der Waals surface area contributed by atoms with E-state index in [9.17, 15) is 45.6 Å². The lowest BCUT2D eigenvalue weighted by Gasteiger charge is -2.46. The van der Waals surface area contributed by atoms with E-state index in [1.807, 2.05) is 0 Å². The molecular weight excluding hydrogens is 1070 g/mol. The number of allylic oxidation sites excluding steroid dienone is 14. The number of nitrogens with one attached hydrogen (secondary N) is 1. The number of aliphatic hydroxyl groups is 8. The Morgan fingerprint density at radius 1 is 0.435 bits per heavy atom. The molecule has 9 N–H and O–H groups in total. The lowest BCUT2D eigenvalue weighted by atomic mass is 9.97. The fourth-order valence-electron chi connectivity index (χ4n) is 10.9. The summed E-state index contributed by atoms with van der Waals surface area (Å²) in [5, 5.41) is 87.5. The lowest BCUT2D eigenvalue weighted by molar-refractivity contribution is -0.359. The second kappa shape index (κ2) is 55.3. The molecule has 2 rings (SSSR count). The first-order valence-electron chi connectivity index (χ1n) is 34.3. The van der Waals surface area contributed by atoms with Crippen molar-refractivity contribution in [3.8, 4) is 0 Å². The van der Waals surface area contributed by atoms with Gasteiger partial charge in [0.25, 0.3) is 0 Å². The highest BCUT2D eigenvalue weighted by atomic mass is 16.7. The highest BCUT2D eigenvalue weighted by molar-refractivity contribution is 5.76. The number of ether oxygens (including phenoxy) is 4. The van der Waals surface area contributed by atoms with Crippen LogP contribution in [0.4, 0.5) is 0 Å². The van der Waals surface area contributed by atoms with Gasteiger partial charge in [-0.15, -0.1) is 0 Å². The molecule has 2 fully saturated rings. The van der Waals surface area contributed by atoms with E-state index in [1.54, 1.807) is 0 Å². The van der Waals surface area contributed by atoms with E-state index in [0.29, 0.717) is 19.3 Å². The summed E-state index contributed by atoms with van der Waals surface area (Å²) in [6, 6.07) is -0.867. The topological polar surface area (TPSA) is 228 Å². The molecular formula is C71H125NO13. The molecule has 0 aromatic carbocycles. The molecule has 2 saturated heterocycles. The van der Waals surface area contributed by atoms with Gasteiger partial charge in [0.1, 0.15) is 48.8 Å². The number of amides is 1. The van der Waals surface area contributed by atoms with Crippen LogP contribution in [0.15, 0.2) is 85.1 Å². The van der Waals surface area contributed by atoms with Gasteiger partial charge in [-0.25, -0.2) is 0 Å². The minimum atomic E-state index is -1.79. The summed E-state index contributed by atoms with van der Waals surface area (Å²) in [6.45, 7) is 2.73. The molecule has 0 saturated carbocycles. The smallest absolute Gasteiger partial charge is 0.220 e. The molecule has 14 heteroatoms. The molecule has 0 spiro atoms. The zero-order chi connectivity index (χ0) is 61.6. The molecule has 12 atom stereocenters. The number of hydrogen-bond acceptors (Lipinski definition) is 13. The van der Waals surface area contributed by atoms with Crippen LogP contribution < -0.4 is 5.32 Å². The fraction of sp³-hybridized carbons (Fsp3) is 0.789. The predicted octanol–water partition coefficient (Wildman–Crippen LogP) is 13.6. The molecule has 0 aromatic rings. The van der Waals surface area contributed by atoms with Crippen molar-refractivity contribution in [1.29, 1.82) is 0 Å². The molecule has 2 aliphatic heterocycles. The number of carbonyl (C=O) groups is 1. The van der Waals surface area contributed by atoms with Crippen LogP contribution in [0.3, 0.4) is 0 Å². The van der Waals surface area contributed by atoms with Crippen LogP contribution in [0.2, 0.25) is 0 Å². The molecule has 2 heterocycles. The molecule has 492 valence electrons. The number of unbranched alkanes of at least 4 members (excludes halogenated alkanes) is 28. The van der Waals surface area contributed by atoms with E-state index < -0.39 is 86.8 Å². The lowest BCUT2D eigenvalue weighted by Crippen LogP contribution is -2.65. The summed E-state index contributed by atoms with van der Waals surface area (Å²) in [4.78, 5) is 13.3. The quantitative estimate of drug-likeness (QED) is 0.0204. The maximum absolute atomic E-state index is 13.3. The molecule has 2 aliphatic rings. The van der Waals surface area contributed by atoms with Crippen molar-refractivity contribution in [2.75, 3.05) is 19.8 Å². The molecule has 0 radical (unpaired) electrons. The summed E-state index contributed by atoms with van der Waals surface area (Å²) in [6.07, 6.45) is 58.9. The second-order valence-corrected chi connectivity index (χ2v) is 23.9. The van der Waals surface area contributed by atoms with Crippen LogP contribution in [0.1, 0.15) is 264 Å².